The van der Waals surface area contributed by atoms with E-state index in [1.807, 2.05) is 0 Å². The summed E-state index contributed by atoms with van der Waals surface area (Å²) >= 11 is 5.29. The molecule has 1 aromatic heterocycles. The summed E-state index contributed by atoms with van der Waals surface area (Å²) in [6.07, 6.45) is 3.78. The van der Waals surface area contributed by atoms with Crippen LogP contribution in [0.25, 0.3) is 0 Å². The molecule has 72 valence electrons. The Morgan fingerprint density at radius 2 is 2.38 bits per heavy atom. The van der Waals surface area contributed by atoms with Crippen LogP contribution in [0, 0.1) is 4.64 Å². The highest BCUT2D eigenvalue weighted by Gasteiger charge is 2.25. The van der Waals surface area contributed by atoms with E-state index in [2.05, 4.69) is 29.7 Å². The number of nitrogens with one attached hydrogen (secondary N) is 1. The zero-order valence-corrected chi connectivity index (χ0v) is 9.03. The third-order valence-corrected chi connectivity index (χ3v) is 3.13. The number of H-pyrrole nitrogens is 1. The van der Waals surface area contributed by atoms with Gasteiger partial charge in [0, 0.05) is 17.7 Å². The van der Waals surface area contributed by atoms with Crippen molar-refractivity contribution in [1.29, 1.82) is 0 Å². The van der Waals surface area contributed by atoms with E-state index in [1.54, 1.807) is 0 Å². The largest absolute Gasteiger partial charge is 0.301 e. The van der Waals surface area contributed by atoms with Crippen LogP contribution < -0.4 is 0 Å². The lowest BCUT2D eigenvalue weighted by atomic mass is 10.3. The Hall–Kier alpha value is -0.570. The van der Waals surface area contributed by atoms with E-state index in [1.165, 1.54) is 18.5 Å². The molecule has 1 aliphatic rings. The molecular weight excluding hydrogens is 180 g/mol. The van der Waals surface area contributed by atoms with Gasteiger partial charge in [-0.1, -0.05) is 19.1 Å². The number of nitrogens with zero attached hydrogens (tertiary/aromatic N) is 1. The third kappa shape index (κ3) is 1.70. The van der Waals surface area contributed by atoms with Crippen molar-refractivity contribution in [3.05, 3.63) is 16.4 Å². The van der Waals surface area contributed by atoms with E-state index in [4.69, 9.17) is 12.2 Å². The van der Waals surface area contributed by atoms with Crippen molar-refractivity contribution in [3.63, 3.8) is 0 Å². The fourth-order valence-corrected chi connectivity index (χ4v) is 1.90. The van der Waals surface area contributed by atoms with Crippen LogP contribution in [-0.4, -0.2) is 9.78 Å². The lowest BCUT2D eigenvalue weighted by Gasteiger charge is -2.09. The van der Waals surface area contributed by atoms with E-state index < -0.39 is 0 Å². The minimum Gasteiger partial charge on any atom is -0.301 e. The van der Waals surface area contributed by atoms with Crippen LogP contribution in [0.5, 0.6) is 0 Å². The van der Waals surface area contributed by atoms with Crippen LogP contribution in [0.2, 0.25) is 0 Å². The number of hydrogen-bond donors (Lipinski definition) is 1. The molecule has 1 heterocycles. The molecule has 0 aliphatic heterocycles. The van der Waals surface area contributed by atoms with Gasteiger partial charge in [0.05, 0.1) is 0 Å². The highest BCUT2D eigenvalue weighted by Crippen LogP contribution is 2.39. The molecule has 1 N–H and O–H groups in total. The van der Waals surface area contributed by atoms with Crippen molar-refractivity contribution in [1.82, 2.24) is 9.78 Å². The predicted molar refractivity (Wildman–Crippen MR) is 56.6 cm³/mol. The Bertz CT molecular complexity index is 346. The molecule has 0 radical (unpaired) electrons. The monoisotopic (exact) mass is 196 g/mol. The molecule has 0 spiro atoms. The molecule has 1 aliphatic carbocycles. The van der Waals surface area contributed by atoms with Crippen LogP contribution in [0.1, 0.15) is 50.8 Å². The smallest absolute Gasteiger partial charge is 0.122 e. The van der Waals surface area contributed by atoms with E-state index >= 15 is 0 Å². The van der Waals surface area contributed by atoms with E-state index in [0.29, 0.717) is 6.04 Å². The molecule has 13 heavy (non-hydrogen) atoms. The average Bonchev–Trinajstić information content (AvgIpc) is 2.89. The van der Waals surface area contributed by atoms with Gasteiger partial charge in [-0.15, -0.1) is 0 Å². The Balaban J connectivity index is 2.29. The highest BCUT2D eigenvalue weighted by molar-refractivity contribution is 7.71. The second-order valence-electron chi connectivity index (χ2n) is 3.95. The summed E-state index contributed by atoms with van der Waals surface area (Å²) in [5.41, 5.74) is 1.34. The second kappa shape index (κ2) is 3.29. The molecule has 0 aromatic carbocycles. The van der Waals surface area contributed by atoms with Gasteiger partial charge >= 0.3 is 0 Å². The number of aromatic amines is 1. The van der Waals surface area contributed by atoms with Crippen molar-refractivity contribution < 1.29 is 0 Å². The van der Waals surface area contributed by atoms with Gasteiger partial charge in [0.2, 0.25) is 0 Å². The van der Waals surface area contributed by atoms with E-state index in [-0.39, 0.29) is 0 Å². The number of rotatable bonds is 3. The summed E-state index contributed by atoms with van der Waals surface area (Å²) in [5, 5.41) is 3.41. The predicted octanol–water partition coefficient (Wildman–Crippen LogP) is 3.39. The minimum absolute atomic E-state index is 0.500. The van der Waals surface area contributed by atoms with E-state index in [9.17, 15) is 0 Å². The summed E-state index contributed by atoms with van der Waals surface area (Å²) in [7, 11) is 0. The second-order valence-corrected chi connectivity index (χ2v) is 4.37. The molecule has 1 saturated carbocycles. The van der Waals surface area contributed by atoms with Crippen LogP contribution in [0.4, 0.5) is 0 Å². The summed E-state index contributed by atoms with van der Waals surface area (Å²) < 4.78 is 3.07. The topological polar surface area (TPSA) is 20.7 Å². The lowest BCUT2D eigenvalue weighted by molar-refractivity contribution is 0.469. The Kier molecular flexibility index (Phi) is 2.28. The standard InChI is InChI=1S/C10H16N2S/c1-3-7(2)12-10(13)6-9(11-12)8-4-5-8/h6-8,11H,3-5H2,1-2H3. The summed E-state index contributed by atoms with van der Waals surface area (Å²) in [6.45, 7) is 4.38. The van der Waals surface area contributed by atoms with Crippen molar-refractivity contribution in [2.24, 2.45) is 0 Å². The molecular formula is C10H16N2S. The summed E-state index contributed by atoms with van der Waals surface area (Å²) in [4.78, 5) is 0. The molecule has 1 unspecified atom stereocenters. The zero-order chi connectivity index (χ0) is 9.42. The van der Waals surface area contributed by atoms with Crippen LogP contribution in [0.3, 0.4) is 0 Å². The quantitative estimate of drug-likeness (QED) is 0.735. The average molecular weight is 196 g/mol. The lowest BCUT2D eigenvalue weighted by Crippen LogP contribution is -2.05. The third-order valence-electron chi connectivity index (χ3n) is 2.81. The fraction of sp³-hybridized carbons (Fsp3) is 0.700. The first-order valence-electron chi connectivity index (χ1n) is 5.03. The zero-order valence-electron chi connectivity index (χ0n) is 8.21. The molecule has 2 nitrogen and oxygen atoms in total. The van der Waals surface area contributed by atoms with Crippen molar-refractivity contribution in [2.45, 2.75) is 45.1 Å². The van der Waals surface area contributed by atoms with Crippen LogP contribution in [-0.2, 0) is 0 Å². The maximum absolute atomic E-state index is 5.29. The van der Waals surface area contributed by atoms with Gasteiger partial charge in [0.1, 0.15) is 4.64 Å². The van der Waals surface area contributed by atoms with Gasteiger partial charge in [-0.05, 0) is 32.3 Å². The van der Waals surface area contributed by atoms with Crippen LogP contribution >= 0.6 is 12.2 Å². The Morgan fingerprint density at radius 3 is 2.92 bits per heavy atom. The first kappa shape index (κ1) is 9.00. The van der Waals surface area contributed by atoms with E-state index in [0.717, 1.165) is 17.0 Å². The van der Waals surface area contributed by atoms with Gasteiger partial charge < -0.3 is 5.10 Å². The van der Waals surface area contributed by atoms with Gasteiger partial charge in [-0.2, -0.15) is 0 Å². The normalized spacial score (nSPS) is 18.9. The van der Waals surface area contributed by atoms with Gasteiger partial charge in [-0.3, -0.25) is 4.68 Å². The molecule has 3 heteroatoms. The van der Waals surface area contributed by atoms with Crippen molar-refractivity contribution in [2.75, 3.05) is 0 Å². The molecule has 1 aromatic rings. The first-order valence-corrected chi connectivity index (χ1v) is 5.44. The Labute approximate surface area is 83.9 Å². The Morgan fingerprint density at radius 1 is 1.69 bits per heavy atom. The molecule has 0 amide bonds. The van der Waals surface area contributed by atoms with Gasteiger partial charge in [-0.25, -0.2) is 0 Å². The summed E-state index contributed by atoms with van der Waals surface area (Å²) in [6, 6.07) is 2.62. The van der Waals surface area contributed by atoms with Gasteiger partial charge in [0.15, 0.2) is 0 Å². The van der Waals surface area contributed by atoms with Crippen molar-refractivity contribution >= 4 is 12.2 Å². The molecule has 0 saturated heterocycles. The molecule has 2 rings (SSSR count). The maximum atomic E-state index is 5.29. The molecule has 1 fully saturated rings. The minimum atomic E-state index is 0.500. The maximum Gasteiger partial charge on any atom is 0.122 e. The number of aromatic nitrogens is 2. The SMILES string of the molecule is CCC(C)n1[nH]c(C2CC2)cc1=S. The fourth-order valence-electron chi connectivity index (χ4n) is 1.54. The highest BCUT2D eigenvalue weighted by atomic mass is 32.1. The van der Waals surface area contributed by atoms with Crippen LogP contribution in [0.15, 0.2) is 6.07 Å². The van der Waals surface area contributed by atoms with Gasteiger partial charge in [0.25, 0.3) is 0 Å². The first-order chi connectivity index (χ1) is 6.22. The summed E-state index contributed by atoms with van der Waals surface area (Å²) in [5.74, 6) is 0.770. The van der Waals surface area contributed by atoms with Crippen molar-refractivity contribution in [3.8, 4) is 0 Å². The number of hydrogen-bond acceptors (Lipinski definition) is 1. The molecule has 0 bridgehead atoms. The molecule has 1 atom stereocenters.